The normalized spacial score (nSPS) is 20.6. The fraction of sp³-hybridized carbons (Fsp3) is 0.135. The summed E-state index contributed by atoms with van der Waals surface area (Å²) >= 11 is 0. The van der Waals surface area contributed by atoms with Crippen molar-refractivity contribution in [3.63, 3.8) is 0 Å². The van der Waals surface area contributed by atoms with E-state index in [-0.39, 0.29) is 17.8 Å². The molecule has 272 valence electrons. The van der Waals surface area contributed by atoms with Gasteiger partial charge < -0.3 is 8.83 Å². The lowest BCUT2D eigenvalue weighted by molar-refractivity contribution is 0.517. The Hall–Kier alpha value is -6.85. The molecule has 0 bridgehead atoms. The summed E-state index contributed by atoms with van der Waals surface area (Å²) in [4.78, 5) is 15.9. The first-order chi connectivity index (χ1) is 28.2. The van der Waals surface area contributed by atoms with Crippen LogP contribution >= 0.6 is 0 Å². The monoisotopic (exact) mass is 735 g/mol. The van der Waals surface area contributed by atoms with Crippen LogP contribution in [0, 0.1) is 11.8 Å². The Morgan fingerprint density at radius 3 is 2.30 bits per heavy atom. The van der Waals surface area contributed by atoms with E-state index in [0.29, 0.717) is 29.8 Å². The number of hydrogen-bond donors (Lipinski definition) is 0. The van der Waals surface area contributed by atoms with Crippen LogP contribution in [0.4, 0.5) is 0 Å². The largest absolute Gasteiger partial charge is 0.460 e. The van der Waals surface area contributed by atoms with E-state index in [0.717, 1.165) is 56.6 Å². The molecule has 5 nitrogen and oxygen atoms in total. The van der Waals surface area contributed by atoms with E-state index in [4.69, 9.17) is 23.8 Å². The number of fused-ring (bicyclic) bond motifs is 11. The molecule has 0 spiro atoms. The molecule has 0 N–H and O–H groups in total. The van der Waals surface area contributed by atoms with Gasteiger partial charge in [-0.15, -0.1) is 0 Å². The highest BCUT2D eigenvalue weighted by atomic mass is 16.3. The van der Waals surface area contributed by atoms with E-state index in [1.165, 1.54) is 38.6 Å². The number of aromatic nitrogens is 3. The van der Waals surface area contributed by atoms with Crippen LogP contribution in [0.25, 0.3) is 67.6 Å². The van der Waals surface area contributed by atoms with Gasteiger partial charge in [-0.2, -0.15) is 0 Å². The number of nitrogens with zero attached hydrogens (tertiary/aromatic N) is 3. The SMILES string of the molecule is CC1C=Cc2c(ccc3oc4cccc(C5CC=C(c6nc(C7=Cc8ccccc8C8C=CC=CC78)nc(-c7ccccc7)n6)c6c5oc5ccccc65)c4c23)C1. The molecule has 5 heteroatoms. The number of hydrogen-bond acceptors (Lipinski definition) is 5. The molecule has 5 aromatic carbocycles. The van der Waals surface area contributed by atoms with Crippen LogP contribution in [0.5, 0.6) is 0 Å². The predicted molar refractivity (Wildman–Crippen MR) is 229 cm³/mol. The van der Waals surface area contributed by atoms with Crippen molar-refractivity contribution in [2.75, 3.05) is 0 Å². The maximum Gasteiger partial charge on any atom is 0.164 e. The molecule has 3 heterocycles. The van der Waals surface area contributed by atoms with Gasteiger partial charge in [0.05, 0.1) is 0 Å². The Bertz CT molecular complexity index is 3120. The molecule has 0 amide bonds. The highest BCUT2D eigenvalue weighted by molar-refractivity contribution is 6.12. The van der Waals surface area contributed by atoms with Gasteiger partial charge in [-0.1, -0.05) is 140 Å². The van der Waals surface area contributed by atoms with Crippen molar-refractivity contribution in [1.82, 2.24) is 15.0 Å². The van der Waals surface area contributed by atoms with Crippen molar-refractivity contribution in [1.29, 1.82) is 0 Å². The van der Waals surface area contributed by atoms with E-state index in [1.54, 1.807) is 0 Å². The van der Waals surface area contributed by atoms with E-state index >= 15 is 0 Å². The molecule has 8 aromatic rings. The fourth-order valence-electron chi connectivity index (χ4n) is 9.81. The van der Waals surface area contributed by atoms with Crippen LogP contribution in [-0.2, 0) is 6.42 Å². The summed E-state index contributed by atoms with van der Waals surface area (Å²) in [7, 11) is 0. The smallest absolute Gasteiger partial charge is 0.164 e. The van der Waals surface area contributed by atoms with Gasteiger partial charge in [0.15, 0.2) is 17.5 Å². The molecule has 0 fully saturated rings. The Morgan fingerprint density at radius 1 is 0.614 bits per heavy atom. The van der Waals surface area contributed by atoms with Gasteiger partial charge in [0.1, 0.15) is 22.5 Å². The van der Waals surface area contributed by atoms with Gasteiger partial charge in [0, 0.05) is 56.2 Å². The summed E-state index contributed by atoms with van der Waals surface area (Å²) in [5.41, 5.74) is 13.1. The Balaban J connectivity index is 1.07. The first kappa shape index (κ1) is 32.4. The van der Waals surface area contributed by atoms with Crippen molar-refractivity contribution in [3.05, 3.63) is 196 Å². The van der Waals surface area contributed by atoms with Gasteiger partial charge in [0.25, 0.3) is 0 Å². The molecular weight excluding hydrogens is 699 g/mol. The van der Waals surface area contributed by atoms with Crippen LogP contribution in [0.1, 0.15) is 76.0 Å². The minimum atomic E-state index is -0.0459. The van der Waals surface area contributed by atoms with Crippen molar-refractivity contribution in [2.45, 2.75) is 31.6 Å². The molecule has 0 radical (unpaired) electrons. The number of furan rings is 2. The zero-order valence-electron chi connectivity index (χ0n) is 31.4. The summed E-state index contributed by atoms with van der Waals surface area (Å²) in [6, 6.07) is 38.2. The topological polar surface area (TPSA) is 65.0 Å². The maximum absolute atomic E-state index is 6.96. The van der Waals surface area contributed by atoms with Crippen molar-refractivity contribution >= 4 is 56.2 Å². The van der Waals surface area contributed by atoms with Gasteiger partial charge in [-0.25, -0.2) is 15.0 Å². The zero-order valence-corrected chi connectivity index (χ0v) is 31.4. The van der Waals surface area contributed by atoms with Gasteiger partial charge in [-0.3, -0.25) is 0 Å². The molecular formula is C52H37N3O2. The Labute approximate surface area is 330 Å². The van der Waals surface area contributed by atoms with Gasteiger partial charge >= 0.3 is 0 Å². The minimum Gasteiger partial charge on any atom is -0.460 e. The third-order valence-corrected chi connectivity index (χ3v) is 12.4. The third-order valence-electron chi connectivity index (χ3n) is 12.4. The van der Waals surface area contributed by atoms with Crippen LogP contribution in [0.2, 0.25) is 0 Å². The van der Waals surface area contributed by atoms with Crippen LogP contribution in [0.15, 0.2) is 154 Å². The van der Waals surface area contributed by atoms with Crippen LogP contribution in [-0.4, -0.2) is 15.0 Å². The second-order valence-electron chi connectivity index (χ2n) is 15.8. The first-order valence-electron chi connectivity index (χ1n) is 20.0. The first-order valence-corrected chi connectivity index (χ1v) is 20.0. The average Bonchev–Trinajstić information content (AvgIpc) is 3.85. The third kappa shape index (κ3) is 5.05. The lowest BCUT2D eigenvalue weighted by Crippen LogP contribution is -2.20. The lowest BCUT2D eigenvalue weighted by atomic mass is 9.72. The molecule has 4 atom stereocenters. The Morgan fingerprint density at radius 2 is 1.37 bits per heavy atom. The van der Waals surface area contributed by atoms with Crippen molar-refractivity contribution in [3.8, 4) is 11.4 Å². The summed E-state index contributed by atoms with van der Waals surface area (Å²) in [6.45, 7) is 2.28. The van der Waals surface area contributed by atoms with Gasteiger partial charge in [-0.05, 0) is 70.9 Å². The highest BCUT2D eigenvalue weighted by Crippen LogP contribution is 2.50. The standard InChI is InChI=1S/C52H37N3O2/c1-30-22-24-35-33(28-30)23-27-45-47(35)48-38(19-11-21-44(48)56-45)39-25-26-41(46-40-18-9-10-20-43(40)57-49(39)46)51-53-50(31-12-3-2-4-13-31)54-52(55-51)42-29-32-14-5-6-15-34(32)36-16-7-8-17-37(36)42/h2-24,26-27,29-30,36-37,39H,25,28H2,1H3. The lowest BCUT2D eigenvalue weighted by Gasteiger charge is -2.32. The molecule has 57 heavy (non-hydrogen) atoms. The van der Waals surface area contributed by atoms with Crippen molar-refractivity contribution in [2.24, 2.45) is 11.8 Å². The average molecular weight is 736 g/mol. The zero-order chi connectivity index (χ0) is 37.6. The molecule has 12 rings (SSSR count). The number of para-hydroxylation sites is 1. The summed E-state index contributed by atoms with van der Waals surface area (Å²) in [5, 5.41) is 3.41. The quantitative estimate of drug-likeness (QED) is 0.180. The molecule has 3 aromatic heterocycles. The second-order valence-corrected chi connectivity index (χ2v) is 15.8. The molecule has 0 saturated heterocycles. The Kier molecular flexibility index (Phi) is 7.15. The van der Waals surface area contributed by atoms with E-state index < -0.39 is 0 Å². The second kappa shape index (κ2) is 12.6. The van der Waals surface area contributed by atoms with E-state index in [1.807, 2.05) is 24.3 Å². The summed E-state index contributed by atoms with van der Waals surface area (Å²) in [5.74, 6) is 3.70. The van der Waals surface area contributed by atoms with E-state index in [9.17, 15) is 0 Å². The molecule has 0 aliphatic heterocycles. The van der Waals surface area contributed by atoms with E-state index in [2.05, 4.69) is 140 Å². The molecule has 4 unspecified atom stereocenters. The summed E-state index contributed by atoms with van der Waals surface area (Å²) < 4.78 is 13.5. The molecule has 4 aliphatic rings. The van der Waals surface area contributed by atoms with Crippen molar-refractivity contribution < 1.29 is 8.83 Å². The molecule has 4 aliphatic carbocycles. The predicted octanol–water partition coefficient (Wildman–Crippen LogP) is 12.7. The number of rotatable bonds is 4. The fourth-order valence-corrected chi connectivity index (χ4v) is 9.81. The van der Waals surface area contributed by atoms with Crippen LogP contribution < -0.4 is 0 Å². The number of benzene rings is 5. The molecule has 0 saturated carbocycles. The van der Waals surface area contributed by atoms with Gasteiger partial charge in [0.2, 0.25) is 0 Å². The maximum atomic E-state index is 6.96. The van der Waals surface area contributed by atoms with Crippen LogP contribution in [0.3, 0.4) is 0 Å². The number of allylic oxidation sites excluding steroid dienone is 7. The highest BCUT2D eigenvalue weighted by Gasteiger charge is 2.36. The minimum absolute atomic E-state index is 0.0459. The summed E-state index contributed by atoms with van der Waals surface area (Å²) in [6.07, 6.45) is 19.9.